The highest BCUT2D eigenvalue weighted by atomic mass is 32.1. The first kappa shape index (κ1) is 16.5. The molecule has 0 aliphatic carbocycles. The zero-order valence-corrected chi connectivity index (χ0v) is 14.9. The molecule has 0 spiro atoms. The van der Waals surface area contributed by atoms with E-state index >= 15 is 0 Å². The number of rotatable bonds is 5. The van der Waals surface area contributed by atoms with Crippen LogP contribution in [0.15, 0.2) is 48.8 Å². The van der Waals surface area contributed by atoms with Gasteiger partial charge in [0.25, 0.3) is 0 Å². The standard InChI is InChI=1S/C20H22N2O2S/c23-12-11-22-14-21-19(15-6-2-1-3-7-15)20(22)18-10-9-17(25-18)16-8-4-5-13-24-16/h1-3,6-7,9-10,14,16,23H,4-5,8,11-13H2/t16-/m0/s1. The molecule has 0 amide bonds. The van der Waals surface area contributed by atoms with E-state index in [0.717, 1.165) is 36.4 Å². The molecule has 0 radical (unpaired) electrons. The third-order valence-corrected chi connectivity index (χ3v) is 5.77. The number of aliphatic hydroxyl groups is 1. The normalized spacial score (nSPS) is 17.7. The molecule has 3 aromatic rings. The molecule has 4 rings (SSSR count). The van der Waals surface area contributed by atoms with Crippen LogP contribution in [0.3, 0.4) is 0 Å². The van der Waals surface area contributed by atoms with Crippen molar-refractivity contribution in [1.82, 2.24) is 9.55 Å². The lowest BCUT2D eigenvalue weighted by Crippen LogP contribution is -2.09. The van der Waals surface area contributed by atoms with Gasteiger partial charge in [-0.25, -0.2) is 4.98 Å². The Hall–Kier alpha value is -1.95. The smallest absolute Gasteiger partial charge is 0.0971 e. The molecule has 5 heteroatoms. The Balaban J connectivity index is 1.73. The number of hydrogen-bond donors (Lipinski definition) is 1. The number of nitrogens with zero attached hydrogens (tertiary/aromatic N) is 2. The van der Waals surface area contributed by atoms with Crippen LogP contribution in [0, 0.1) is 0 Å². The summed E-state index contributed by atoms with van der Waals surface area (Å²) in [5.74, 6) is 0. The predicted octanol–water partition coefficient (Wildman–Crippen LogP) is 4.51. The fourth-order valence-electron chi connectivity index (χ4n) is 3.34. The molecule has 1 atom stereocenters. The zero-order valence-electron chi connectivity index (χ0n) is 14.1. The number of imidazole rings is 1. The van der Waals surface area contributed by atoms with E-state index < -0.39 is 0 Å². The van der Waals surface area contributed by atoms with Crippen LogP contribution in [0.25, 0.3) is 21.8 Å². The van der Waals surface area contributed by atoms with Crippen LogP contribution in [-0.2, 0) is 11.3 Å². The van der Waals surface area contributed by atoms with E-state index in [4.69, 9.17) is 4.74 Å². The maximum Gasteiger partial charge on any atom is 0.0971 e. The third-order valence-electron chi connectivity index (χ3n) is 4.58. The topological polar surface area (TPSA) is 47.3 Å². The quantitative estimate of drug-likeness (QED) is 0.733. The van der Waals surface area contributed by atoms with Crippen molar-refractivity contribution in [3.05, 3.63) is 53.7 Å². The van der Waals surface area contributed by atoms with E-state index in [1.165, 1.54) is 16.2 Å². The minimum absolute atomic E-state index is 0.0988. The Morgan fingerprint density at radius 1 is 1.16 bits per heavy atom. The summed E-state index contributed by atoms with van der Waals surface area (Å²) in [6, 6.07) is 14.6. The molecule has 3 heterocycles. The molecule has 1 aromatic carbocycles. The average Bonchev–Trinajstić information content (AvgIpc) is 3.30. The fourth-order valence-corrected chi connectivity index (χ4v) is 4.50. The number of aliphatic hydroxyl groups excluding tert-OH is 1. The predicted molar refractivity (Wildman–Crippen MR) is 101 cm³/mol. The molecular formula is C20H22N2O2S. The van der Waals surface area contributed by atoms with Gasteiger partial charge >= 0.3 is 0 Å². The Morgan fingerprint density at radius 2 is 2.04 bits per heavy atom. The molecule has 1 aliphatic heterocycles. The van der Waals surface area contributed by atoms with E-state index in [0.29, 0.717) is 6.54 Å². The van der Waals surface area contributed by atoms with Crippen LogP contribution in [0.5, 0.6) is 0 Å². The van der Waals surface area contributed by atoms with Crippen molar-refractivity contribution in [2.24, 2.45) is 0 Å². The number of benzene rings is 1. The second-order valence-corrected chi connectivity index (χ2v) is 7.40. The van der Waals surface area contributed by atoms with Gasteiger partial charge in [0, 0.05) is 23.6 Å². The van der Waals surface area contributed by atoms with E-state index in [1.54, 1.807) is 11.3 Å². The second-order valence-electron chi connectivity index (χ2n) is 6.28. The second kappa shape index (κ2) is 7.52. The van der Waals surface area contributed by atoms with E-state index in [2.05, 4.69) is 29.2 Å². The van der Waals surface area contributed by atoms with Crippen LogP contribution in [0.1, 0.15) is 30.2 Å². The Morgan fingerprint density at radius 3 is 2.80 bits per heavy atom. The molecule has 25 heavy (non-hydrogen) atoms. The van der Waals surface area contributed by atoms with Gasteiger partial charge in [-0.3, -0.25) is 0 Å². The van der Waals surface area contributed by atoms with Gasteiger partial charge in [-0.05, 0) is 31.4 Å². The van der Waals surface area contributed by atoms with Gasteiger partial charge < -0.3 is 14.4 Å². The monoisotopic (exact) mass is 354 g/mol. The van der Waals surface area contributed by atoms with Crippen LogP contribution >= 0.6 is 11.3 Å². The maximum atomic E-state index is 9.41. The number of thiophene rings is 1. The number of hydrogen-bond acceptors (Lipinski definition) is 4. The summed E-state index contributed by atoms with van der Waals surface area (Å²) < 4.78 is 7.98. The van der Waals surface area contributed by atoms with Gasteiger partial charge in [0.2, 0.25) is 0 Å². The number of ether oxygens (including phenoxy) is 1. The largest absolute Gasteiger partial charge is 0.395 e. The first-order chi connectivity index (χ1) is 12.4. The van der Waals surface area contributed by atoms with Gasteiger partial charge in [-0.1, -0.05) is 30.3 Å². The summed E-state index contributed by atoms with van der Waals surface area (Å²) in [5.41, 5.74) is 3.14. The van der Waals surface area contributed by atoms with Gasteiger partial charge in [0.15, 0.2) is 0 Å². The minimum Gasteiger partial charge on any atom is -0.395 e. The molecule has 0 saturated carbocycles. The lowest BCUT2D eigenvalue weighted by Gasteiger charge is -2.21. The Bertz CT molecular complexity index is 819. The fraction of sp³-hybridized carbons (Fsp3) is 0.350. The van der Waals surface area contributed by atoms with Gasteiger partial charge in [-0.2, -0.15) is 0 Å². The first-order valence-corrected chi connectivity index (χ1v) is 9.61. The summed E-state index contributed by atoms with van der Waals surface area (Å²) >= 11 is 1.78. The van der Waals surface area contributed by atoms with Gasteiger partial charge in [0.1, 0.15) is 0 Å². The lowest BCUT2D eigenvalue weighted by atomic mass is 10.1. The molecule has 1 aliphatic rings. The summed E-state index contributed by atoms with van der Waals surface area (Å²) in [4.78, 5) is 7.09. The van der Waals surface area contributed by atoms with Crippen molar-refractivity contribution in [3.8, 4) is 21.8 Å². The van der Waals surface area contributed by atoms with Gasteiger partial charge in [0.05, 0.1) is 35.3 Å². The summed E-state index contributed by atoms with van der Waals surface area (Å²) in [5, 5.41) is 9.41. The molecule has 4 nitrogen and oxygen atoms in total. The van der Waals surface area contributed by atoms with Crippen LogP contribution in [0.4, 0.5) is 0 Å². The molecule has 130 valence electrons. The SMILES string of the molecule is OCCn1cnc(-c2ccccc2)c1-c1ccc([C@@H]2CCCCO2)s1. The molecule has 1 N–H and O–H groups in total. The first-order valence-electron chi connectivity index (χ1n) is 8.80. The third kappa shape index (κ3) is 3.40. The van der Waals surface area contributed by atoms with E-state index in [9.17, 15) is 5.11 Å². The zero-order chi connectivity index (χ0) is 17.1. The van der Waals surface area contributed by atoms with Crippen molar-refractivity contribution in [1.29, 1.82) is 0 Å². The highest BCUT2D eigenvalue weighted by molar-refractivity contribution is 7.15. The summed E-state index contributed by atoms with van der Waals surface area (Å²) in [6.07, 6.45) is 5.54. The van der Waals surface area contributed by atoms with Crippen molar-refractivity contribution in [2.75, 3.05) is 13.2 Å². The molecular weight excluding hydrogens is 332 g/mol. The maximum absolute atomic E-state index is 9.41. The van der Waals surface area contributed by atoms with E-state index in [-0.39, 0.29) is 12.7 Å². The highest BCUT2D eigenvalue weighted by Crippen LogP contribution is 2.39. The highest BCUT2D eigenvalue weighted by Gasteiger charge is 2.21. The Labute approximate surface area is 151 Å². The van der Waals surface area contributed by atoms with Crippen molar-refractivity contribution >= 4 is 11.3 Å². The van der Waals surface area contributed by atoms with Crippen molar-refractivity contribution < 1.29 is 9.84 Å². The van der Waals surface area contributed by atoms with Gasteiger partial charge in [-0.15, -0.1) is 11.3 Å². The lowest BCUT2D eigenvalue weighted by molar-refractivity contribution is 0.0172. The Kier molecular flexibility index (Phi) is 4.97. The summed E-state index contributed by atoms with van der Waals surface area (Å²) in [6.45, 7) is 1.50. The molecule has 1 saturated heterocycles. The summed E-state index contributed by atoms with van der Waals surface area (Å²) in [7, 11) is 0. The molecule has 0 bridgehead atoms. The van der Waals surface area contributed by atoms with Crippen molar-refractivity contribution in [3.63, 3.8) is 0 Å². The molecule has 0 unspecified atom stereocenters. The molecule has 1 fully saturated rings. The van der Waals surface area contributed by atoms with E-state index in [1.807, 2.05) is 29.1 Å². The van der Waals surface area contributed by atoms with Crippen LogP contribution in [-0.4, -0.2) is 27.9 Å². The van der Waals surface area contributed by atoms with Crippen molar-refractivity contribution in [2.45, 2.75) is 31.9 Å². The molecule has 2 aromatic heterocycles. The number of aromatic nitrogens is 2. The average molecular weight is 354 g/mol. The minimum atomic E-state index is 0.0988. The van der Waals surface area contributed by atoms with Crippen LogP contribution < -0.4 is 0 Å². The van der Waals surface area contributed by atoms with Crippen LogP contribution in [0.2, 0.25) is 0 Å².